The SMILES string of the molecule is CC(C)Cc1ccc(C(C)C(=O)OC(COC(=O)CCCO[N+](=O)[O-])C(=O)Oc2ccc(P3(=S)SP(=S)(c4ccc(O)cc4)S3)cc2)cc1. The van der Waals surface area contributed by atoms with E-state index in [4.69, 9.17) is 37.8 Å². The Morgan fingerprint density at radius 2 is 1.45 bits per heavy atom. The highest BCUT2D eigenvalue weighted by Crippen LogP contribution is 3.04. The number of nitrogens with zero attached hydrogens (tertiary/aromatic N) is 1. The molecule has 0 aromatic heterocycles. The predicted molar refractivity (Wildman–Crippen MR) is 200 cm³/mol. The summed E-state index contributed by atoms with van der Waals surface area (Å²) in [4.78, 5) is 53.3. The fraction of sp³-hybridized carbons (Fsp3) is 0.344. The van der Waals surface area contributed by atoms with Gasteiger partial charge in [-0.2, -0.15) is 0 Å². The Labute approximate surface area is 301 Å². The Hall–Kier alpha value is -2.93. The minimum atomic E-state index is -2.09. The van der Waals surface area contributed by atoms with Crippen LogP contribution in [0.3, 0.4) is 0 Å². The number of rotatable bonds is 16. The first-order valence-electron chi connectivity index (χ1n) is 15.1. The lowest BCUT2D eigenvalue weighted by atomic mass is 9.97. The van der Waals surface area contributed by atoms with E-state index in [1.165, 1.54) is 0 Å². The first kappa shape index (κ1) is 38.9. The molecule has 2 atom stereocenters. The van der Waals surface area contributed by atoms with Gasteiger partial charge in [-0.3, -0.25) is 9.59 Å². The molecule has 1 aliphatic rings. The van der Waals surface area contributed by atoms with Crippen molar-refractivity contribution >= 4 is 83.0 Å². The summed E-state index contributed by atoms with van der Waals surface area (Å²) in [7, 11) is 0. The van der Waals surface area contributed by atoms with Crippen molar-refractivity contribution < 1.29 is 43.6 Å². The summed E-state index contributed by atoms with van der Waals surface area (Å²) in [5.41, 5.74) is 1.82. The third kappa shape index (κ3) is 11.0. The van der Waals surface area contributed by atoms with Gasteiger partial charge in [0.1, 0.15) is 18.1 Å². The number of esters is 3. The molecule has 1 heterocycles. The van der Waals surface area contributed by atoms with Crippen molar-refractivity contribution in [2.24, 2.45) is 5.92 Å². The number of carbonyl (C=O) groups is 3. The van der Waals surface area contributed by atoms with E-state index in [0.717, 1.165) is 22.6 Å². The lowest BCUT2D eigenvalue weighted by molar-refractivity contribution is -0.757. The number of ether oxygens (including phenoxy) is 3. The smallest absolute Gasteiger partial charge is 0.356 e. The zero-order valence-electron chi connectivity index (χ0n) is 26.8. The molecule has 0 spiro atoms. The molecule has 262 valence electrons. The third-order valence-electron chi connectivity index (χ3n) is 7.08. The Morgan fingerprint density at radius 3 is 2.00 bits per heavy atom. The van der Waals surface area contributed by atoms with Gasteiger partial charge in [0.05, 0.1) is 21.4 Å². The summed E-state index contributed by atoms with van der Waals surface area (Å²) < 4.78 is 12.2. The van der Waals surface area contributed by atoms with E-state index in [2.05, 4.69) is 18.7 Å². The maximum absolute atomic E-state index is 13.3. The van der Waals surface area contributed by atoms with Crippen molar-refractivity contribution in [2.75, 3.05) is 13.2 Å². The average Bonchev–Trinajstić information content (AvgIpc) is 3.04. The molecular weight excluding hydrogens is 749 g/mol. The molecule has 4 rings (SSSR count). The summed E-state index contributed by atoms with van der Waals surface area (Å²) in [6, 6.07) is 21.2. The van der Waals surface area contributed by atoms with E-state index >= 15 is 0 Å². The van der Waals surface area contributed by atoms with Gasteiger partial charge < -0.3 is 24.2 Å². The van der Waals surface area contributed by atoms with Gasteiger partial charge in [-0.25, -0.2) is 4.79 Å². The van der Waals surface area contributed by atoms with Gasteiger partial charge >= 0.3 is 17.9 Å². The maximum atomic E-state index is 13.3. The van der Waals surface area contributed by atoms with E-state index in [0.29, 0.717) is 11.5 Å². The minimum Gasteiger partial charge on any atom is -0.508 e. The second-order valence-corrected chi connectivity index (χ2v) is 32.7. The molecule has 0 amide bonds. The van der Waals surface area contributed by atoms with Gasteiger partial charge in [-0.15, -0.1) is 10.1 Å². The van der Waals surface area contributed by atoms with Gasteiger partial charge in [0.2, 0.25) is 6.10 Å². The van der Waals surface area contributed by atoms with Crippen LogP contribution in [0.5, 0.6) is 11.5 Å². The van der Waals surface area contributed by atoms with Crippen molar-refractivity contribution in [2.45, 2.75) is 52.1 Å². The zero-order chi connectivity index (χ0) is 35.8. The van der Waals surface area contributed by atoms with Crippen LogP contribution in [0.15, 0.2) is 72.8 Å². The van der Waals surface area contributed by atoms with Crippen LogP contribution in [0.1, 0.15) is 50.7 Å². The monoisotopic (exact) mass is 783 g/mol. The lowest BCUT2D eigenvalue weighted by Gasteiger charge is -2.40. The summed E-state index contributed by atoms with van der Waals surface area (Å²) in [5, 5.41) is 20.8. The Morgan fingerprint density at radius 1 is 0.878 bits per heavy atom. The molecule has 3 aromatic rings. The largest absolute Gasteiger partial charge is 0.508 e. The number of hydrogen-bond acceptors (Lipinski definition) is 14. The summed E-state index contributed by atoms with van der Waals surface area (Å²) in [6.45, 7) is 4.96. The topological polar surface area (TPSA) is 151 Å². The molecule has 1 N–H and O–H groups in total. The number of hydrogen-bond donors (Lipinski definition) is 1. The fourth-order valence-corrected chi connectivity index (χ4v) is 46.8. The van der Waals surface area contributed by atoms with Crippen LogP contribution in [0.25, 0.3) is 0 Å². The van der Waals surface area contributed by atoms with Crippen LogP contribution in [-0.4, -0.2) is 47.4 Å². The number of benzene rings is 3. The molecule has 0 aliphatic carbocycles. The molecule has 0 radical (unpaired) electrons. The van der Waals surface area contributed by atoms with E-state index < -0.39 is 50.5 Å². The minimum absolute atomic E-state index is 0.0119. The molecular formula is C32H35NO10P2S4. The van der Waals surface area contributed by atoms with Crippen LogP contribution in [-0.2, 0) is 58.7 Å². The maximum Gasteiger partial charge on any atom is 0.356 e. The van der Waals surface area contributed by atoms with Gasteiger partial charge in [-0.05, 0) is 85.3 Å². The summed E-state index contributed by atoms with van der Waals surface area (Å²) in [6.07, 6.45) is -0.898. The molecule has 1 fully saturated rings. The molecule has 11 nitrogen and oxygen atoms in total. The van der Waals surface area contributed by atoms with Crippen LogP contribution < -0.4 is 15.3 Å². The van der Waals surface area contributed by atoms with Crippen LogP contribution in [0.2, 0.25) is 0 Å². The van der Waals surface area contributed by atoms with E-state index in [9.17, 15) is 29.6 Å². The molecule has 2 unspecified atom stereocenters. The van der Waals surface area contributed by atoms with E-state index in [1.54, 1.807) is 65.3 Å². The Kier molecular flexibility index (Phi) is 13.7. The number of carbonyl (C=O) groups excluding carboxylic acids is 3. The van der Waals surface area contributed by atoms with Crippen LogP contribution in [0, 0.1) is 16.0 Å². The van der Waals surface area contributed by atoms with E-state index in [1.807, 2.05) is 36.4 Å². The van der Waals surface area contributed by atoms with Crippen molar-refractivity contribution in [3.8, 4) is 11.5 Å². The van der Waals surface area contributed by atoms with Crippen LogP contribution >= 0.6 is 30.9 Å². The number of phenolic OH excluding ortho intramolecular Hbond substituents is 1. The van der Waals surface area contributed by atoms with Gasteiger partial charge in [0.25, 0.3) is 5.09 Å². The average molecular weight is 784 g/mol. The van der Waals surface area contributed by atoms with Crippen molar-refractivity contribution in [3.63, 3.8) is 0 Å². The summed E-state index contributed by atoms with van der Waals surface area (Å²) >= 11 is 15.2. The molecule has 0 saturated carbocycles. The highest BCUT2D eigenvalue weighted by Gasteiger charge is 2.46. The van der Waals surface area contributed by atoms with Gasteiger partial charge in [-0.1, -0.05) is 83.7 Å². The molecule has 3 aromatic carbocycles. The summed E-state index contributed by atoms with van der Waals surface area (Å²) in [5.74, 6) is -2.36. The standard InChI is InChI=1S/C32H35NO10P2S4/c1-21(2)19-23-6-8-24(9-7-23)22(3)31(36)43-29(20-40-30(35)5-4-18-41-33(38)39)32(37)42-26-12-16-28(17-13-26)45(47)48-44(46,49-45)27-14-10-25(34)11-15-27/h6-17,21-22,29,34H,4-5,18-20H2,1-3H3. The van der Waals surface area contributed by atoms with Gasteiger partial charge in [0, 0.05) is 17.0 Å². The second-order valence-electron chi connectivity index (χ2n) is 11.4. The predicted octanol–water partition coefficient (Wildman–Crippen LogP) is 6.79. The highest BCUT2D eigenvalue weighted by molar-refractivity contribution is 9.48. The Bertz CT molecular complexity index is 1740. The second kappa shape index (κ2) is 17.3. The van der Waals surface area contributed by atoms with Gasteiger partial charge in [0.15, 0.2) is 0 Å². The van der Waals surface area contributed by atoms with Crippen molar-refractivity contribution in [1.29, 1.82) is 0 Å². The normalized spacial score (nSPS) is 19.6. The molecule has 0 bridgehead atoms. The first-order valence-corrected chi connectivity index (χ1v) is 24.8. The lowest BCUT2D eigenvalue weighted by Crippen LogP contribution is -2.37. The zero-order valence-corrected chi connectivity index (χ0v) is 31.8. The third-order valence-corrected chi connectivity index (χ3v) is 38.3. The highest BCUT2D eigenvalue weighted by atomic mass is 33.7. The number of phenols is 1. The van der Waals surface area contributed by atoms with Crippen LogP contribution in [0.4, 0.5) is 0 Å². The number of aromatic hydroxyl groups is 1. The molecule has 1 saturated heterocycles. The van der Waals surface area contributed by atoms with Crippen molar-refractivity contribution in [1.82, 2.24) is 0 Å². The van der Waals surface area contributed by atoms with E-state index in [-0.39, 0.29) is 30.9 Å². The van der Waals surface area contributed by atoms with Crippen molar-refractivity contribution in [3.05, 3.63) is 94.0 Å². The molecule has 49 heavy (non-hydrogen) atoms. The molecule has 17 heteroatoms. The Balaban J connectivity index is 1.41. The quantitative estimate of drug-likeness (QED) is 0.0405. The fourth-order valence-electron chi connectivity index (χ4n) is 4.53. The first-order chi connectivity index (χ1) is 23.2. The molecule has 1 aliphatic heterocycles.